The molecule has 6 nitrogen and oxygen atoms in total. The summed E-state index contributed by atoms with van der Waals surface area (Å²) >= 11 is 4.11. The smallest absolute Gasteiger partial charge is 0.374 e. The van der Waals surface area contributed by atoms with E-state index in [2.05, 4.69) is 23.5 Å². The molecule has 0 unspecified atom stereocenters. The summed E-state index contributed by atoms with van der Waals surface area (Å²) < 4.78 is 35.6. The molecule has 0 atom stereocenters. The van der Waals surface area contributed by atoms with Gasteiger partial charge in [-0.25, -0.2) is 0 Å². The van der Waals surface area contributed by atoms with Gasteiger partial charge in [0.05, 0.1) is 0 Å². The SMILES string of the molecule is CCO[Si](CCCSCCCCCCSCCC[Si](OCC)(OCC)OCC)(OCC)OCC. The fourth-order valence-corrected chi connectivity index (χ4v) is 11.4. The Labute approximate surface area is 222 Å². The summed E-state index contributed by atoms with van der Waals surface area (Å²) in [7, 11) is -4.91. The number of hydrogen-bond donors (Lipinski definition) is 0. The predicted octanol–water partition coefficient (Wildman–Crippen LogP) is 6.89. The lowest BCUT2D eigenvalue weighted by Crippen LogP contribution is -2.46. The zero-order valence-electron chi connectivity index (χ0n) is 23.0. The molecule has 206 valence electrons. The number of rotatable bonds is 27. The third-order valence-electron chi connectivity index (χ3n) is 5.06. The van der Waals surface area contributed by atoms with Crippen LogP contribution >= 0.6 is 23.5 Å². The van der Waals surface area contributed by atoms with Gasteiger partial charge < -0.3 is 26.6 Å². The van der Waals surface area contributed by atoms with Gasteiger partial charge in [-0.2, -0.15) is 23.5 Å². The van der Waals surface area contributed by atoms with E-state index < -0.39 is 17.6 Å². The highest BCUT2D eigenvalue weighted by atomic mass is 32.2. The van der Waals surface area contributed by atoms with E-state index in [1.165, 1.54) is 37.2 Å². The Kier molecular flexibility index (Phi) is 24.9. The summed E-state index contributed by atoms with van der Waals surface area (Å²) in [6.07, 6.45) is 7.49. The molecule has 0 aromatic heterocycles. The first-order valence-corrected chi connectivity index (χ1v) is 19.7. The number of thioether (sulfide) groups is 2. The first kappa shape index (κ1) is 34.9. The van der Waals surface area contributed by atoms with Crippen molar-refractivity contribution < 1.29 is 26.6 Å². The summed E-state index contributed by atoms with van der Waals surface area (Å²) in [6, 6.07) is 1.85. The maximum atomic E-state index is 5.93. The molecule has 0 spiro atoms. The van der Waals surface area contributed by atoms with E-state index in [9.17, 15) is 0 Å². The molecule has 0 radical (unpaired) electrons. The second-order valence-electron chi connectivity index (χ2n) is 7.81. The van der Waals surface area contributed by atoms with Crippen LogP contribution in [0.25, 0.3) is 0 Å². The van der Waals surface area contributed by atoms with Gasteiger partial charge in [0.2, 0.25) is 0 Å². The van der Waals surface area contributed by atoms with Crippen molar-refractivity contribution in [3.63, 3.8) is 0 Å². The second kappa shape index (κ2) is 24.2. The molecule has 0 aliphatic rings. The zero-order valence-corrected chi connectivity index (χ0v) is 26.6. The lowest BCUT2D eigenvalue weighted by Gasteiger charge is -2.28. The molecular weight excluding hydrogens is 505 g/mol. The van der Waals surface area contributed by atoms with Gasteiger partial charge in [0.25, 0.3) is 0 Å². The molecule has 0 aromatic rings. The van der Waals surface area contributed by atoms with Crippen LogP contribution in [-0.2, 0) is 26.6 Å². The molecule has 34 heavy (non-hydrogen) atoms. The van der Waals surface area contributed by atoms with Crippen LogP contribution in [0, 0.1) is 0 Å². The first-order chi connectivity index (χ1) is 16.6. The van der Waals surface area contributed by atoms with Crippen LogP contribution in [0.1, 0.15) is 80.1 Å². The maximum absolute atomic E-state index is 5.93. The molecule has 10 heteroatoms. The highest BCUT2D eigenvalue weighted by Gasteiger charge is 2.40. The average molecular weight is 559 g/mol. The van der Waals surface area contributed by atoms with E-state index in [0.717, 1.165) is 36.4 Å². The van der Waals surface area contributed by atoms with Crippen molar-refractivity contribution in [2.75, 3.05) is 62.7 Å². The highest BCUT2D eigenvalue weighted by Crippen LogP contribution is 2.22. The second-order valence-corrected chi connectivity index (χ2v) is 15.7. The lowest BCUT2D eigenvalue weighted by molar-refractivity contribution is 0.0704. The quantitative estimate of drug-likeness (QED) is 0.0798. The van der Waals surface area contributed by atoms with Gasteiger partial charge in [-0.1, -0.05) is 12.8 Å². The third kappa shape index (κ3) is 17.4. The van der Waals surface area contributed by atoms with Crippen LogP contribution in [0.5, 0.6) is 0 Å². The molecule has 0 saturated carbocycles. The molecule has 0 heterocycles. The summed E-state index contributed by atoms with van der Waals surface area (Å²) in [4.78, 5) is 0. The molecule has 0 rings (SSSR count). The molecular formula is C24H54O6S2Si2. The Hall–Kier alpha value is 0.894. The fraction of sp³-hybridized carbons (Fsp3) is 1.00. The zero-order chi connectivity index (χ0) is 25.4. The van der Waals surface area contributed by atoms with E-state index >= 15 is 0 Å². The average Bonchev–Trinajstić information content (AvgIpc) is 2.80. The van der Waals surface area contributed by atoms with Crippen LogP contribution in [0.4, 0.5) is 0 Å². The number of hydrogen-bond acceptors (Lipinski definition) is 8. The molecule has 0 amide bonds. The van der Waals surface area contributed by atoms with Crippen LogP contribution in [0.3, 0.4) is 0 Å². The molecule has 0 aliphatic heterocycles. The van der Waals surface area contributed by atoms with Crippen molar-refractivity contribution in [3.05, 3.63) is 0 Å². The van der Waals surface area contributed by atoms with Gasteiger partial charge in [0, 0.05) is 51.7 Å². The Morgan fingerprint density at radius 2 is 0.647 bits per heavy atom. The van der Waals surface area contributed by atoms with Crippen LogP contribution in [0.2, 0.25) is 12.1 Å². The Morgan fingerprint density at radius 3 is 0.912 bits per heavy atom. The summed E-state index contributed by atoms with van der Waals surface area (Å²) in [6.45, 7) is 16.1. The standard InChI is InChI=1S/C24H54O6S2Si2/c1-7-25-33(26-8-2,27-9-3)23-17-21-31-19-15-13-14-16-20-32-22-18-24-34(28-10-4,29-11-5)30-12-6/h7-24H2,1-6H3. The Balaban J connectivity index is 3.75. The van der Waals surface area contributed by atoms with E-state index in [4.69, 9.17) is 26.6 Å². The van der Waals surface area contributed by atoms with E-state index in [0.29, 0.717) is 39.6 Å². The summed E-state index contributed by atoms with van der Waals surface area (Å²) in [5.74, 6) is 4.82. The van der Waals surface area contributed by atoms with Crippen molar-refractivity contribution in [2.24, 2.45) is 0 Å². The van der Waals surface area contributed by atoms with Gasteiger partial charge in [-0.3, -0.25) is 0 Å². The lowest BCUT2D eigenvalue weighted by atomic mass is 10.2. The first-order valence-electron chi connectivity index (χ1n) is 13.6. The summed E-state index contributed by atoms with van der Waals surface area (Å²) in [5, 5.41) is 0. The molecule has 0 saturated heterocycles. The highest BCUT2D eigenvalue weighted by molar-refractivity contribution is 7.99. The molecule has 0 bridgehead atoms. The van der Waals surface area contributed by atoms with Crippen LogP contribution in [0.15, 0.2) is 0 Å². The normalized spacial score (nSPS) is 12.5. The fourth-order valence-electron chi connectivity index (χ4n) is 3.75. The van der Waals surface area contributed by atoms with Gasteiger partial charge in [0.1, 0.15) is 0 Å². The van der Waals surface area contributed by atoms with Gasteiger partial charge in [0.15, 0.2) is 0 Å². The van der Waals surface area contributed by atoms with E-state index in [1.54, 1.807) is 0 Å². The minimum Gasteiger partial charge on any atom is -0.374 e. The monoisotopic (exact) mass is 558 g/mol. The third-order valence-corrected chi connectivity index (χ3v) is 13.7. The van der Waals surface area contributed by atoms with Gasteiger partial charge >= 0.3 is 17.6 Å². The molecule has 0 aromatic carbocycles. The van der Waals surface area contributed by atoms with E-state index in [-0.39, 0.29) is 0 Å². The largest absolute Gasteiger partial charge is 0.500 e. The Bertz CT molecular complexity index is 366. The topological polar surface area (TPSA) is 55.4 Å². The van der Waals surface area contributed by atoms with E-state index in [1.807, 2.05) is 41.5 Å². The van der Waals surface area contributed by atoms with Crippen molar-refractivity contribution in [2.45, 2.75) is 92.2 Å². The summed E-state index contributed by atoms with van der Waals surface area (Å²) in [5.41, 5.74) is 0. The van der Waals surface area contributed by atoms with Gasteiger partial charge in [-0.15, -0.1) is 0 Å². The van der Waals surface area contributed by atoms with Crippen molar-refractivity contribution in [1.29, 1.82) is 0 Å². The minimum absolute atomic E-state index is 0.661. The van der Waals surface area contributed by atoms with Crippen molar-refractivity contribution in [3.8, 4) is 0 Å². The van der Waals surface area contributed by atoms with Gasteiger partial charge in [-0.05, 0) is 90.2 Å². The maximum Gasteiger partial charge on any atom is 0.500 e. The molecule has 0 fully saturated rings. The van der Waals surface area contributed by atoms with Crippen molar-refractivity contribution in [1.82, 2.24) is 0 Å². The minimum atomic E-state index is -2.45. The molecule has 0 N–H and O–H groups in total. The van der Waals surface area contributed by atoms with Crippen LogP contribution < -0.4 is 0 Å². The van der Waals surface area contributed by atoms with Crippen LogP contribution in [-0.4, -0.2) is 80.3 Å². The molecule has 0 aliphatic carbocycles. The Morgan fingerprint density at radius 1 is 0.382 bits per heavy atom. The van der Waals surface area contributed by atoms with Crippen molar-refractivity contribution >= 4 is 41.1 Å². The number of unbranched alkanes of at least 4 members (excludes halogenated alkanes) is 3. The predicted molar refractivity (Wildman–Crippen MR) is 153 cm³/mol.